The van der Waals surface area contributed by atoms with Gasteiger partial charge in [0.15, 0.2) is 0 Å². The average molecular weight is 458 g/mol. The fraction of sp³-hybridized carbons (Fsp3) is 0.391. The minimum atomic E-state index is -0.212. The van der Waals surface area contributed by atoms with Crippen LogP contribution >= 0.6 is 15.9 Å². The summed E-state index contributed by atoms with van der Waals surface area (Å²) in [6.45, 7) is 5.94. The molecule has 1 saturated heterocycles. The number of carbonyl (C=O) groups excluding carboxylic acids is 2. The molecule has 1 aliphatic rings. The van der Waals surface area contributed by atoms with Gasteiger partial charge >= 0.3 is 0 Å². The summed E-state index contributed by atoms with van der Waals surface area (Å²) in [5, 5.41) is 5.99. The van der Waals surface area contributed by atoms with Gasteiger partial charge in [-0.1, -0.05) is 19.1 Å². The maximum absolute atomic E-state index is 13.0. The van der Waals surface area contributed by atoms with Gasteiger partial charge in [0.1, 0.15) is 0 Å². The quantitative estimate of drug-likeness (QED) is 0.624. The van der Waals surface area contributed by atoms with Gasteiger partial charge in [-0.3, -0.25) is 9.59 Å². The third-order valence-electron chi connectivity index (χ3n) is 5.30. The first-order valence-electron chi connectivity index (χ1n) is 10.3. The minimum Gasteiger partial charge on any atom is -0.371 e. The van der Waals surface area contributed by atoms with Crippen LogP contribution in [-0.4, -0.2) is 30.9 Å². The lowest BCUT2D eigenvalue weighted by molar-refractivity contribution is 0.0938. The van der Waals surface area contributed by atoms with E-state index < -0.39 is 0 Å². The van der Waals surface area contributed by atoms with Crippen molar-refractivity contribution in [2.45, 2.75) is 45.6 Å². The monoisotopic (exact) mass is 457 g/mol. The normalized spacial score (nSPS) is 14.9. The molecule has 0 aromatic heterocycles. The van der Waals surface area contributed by atoms with Crippen molar-refractivity contribution >= 4 is 39.1 Å². The highest BCUT2D eigenvalue weighted by molar-refractivity contribution is 9.10. The molecule has 0 saturated carbocycles. The number of anilines is 2. The first-order chi connectivity index (χ1) is 14.0. The van der Waals surface area contributed by atoms with E-state index in [0.29, 0.717) is 16.8 Å². The molecule has 0 bridgehead atoms. The van der Waals surface area contributed by atoms with Crippen molar-refractivity contribution in [2.24, 2.45) is 0 Å². The fourth-order valence-electron chi connectivity index (χ4n) is 3.45. The molecule has 0 spiro atoms. The Balaban J connectivity index is 1.88. The first-order valence-corrected chi connectivity index (χ1v) is 11.0. The Kier molecular flexibility index (Phi) is 7.31. The van der Waals surface area contributed by atoms with Gasteiger partial charge in [-0.05, 0) is 78.9 Å². The maximum Gasteiger partial charge on any atom is 0.256 e. The third kappa shape index (κ3) is 5.38. The predicted molar refractivity (Wildman–Crippen MR) is 122 cm³/mol. The Morgan fingerprint density at radius 1 is 1.03 bits per heavy atom. The SMILES string of the molecule is CCC(C)NC(=O)c1cc(NC(=O)c2ccccc2Br)ccc1N1CCCCC1. The molecular formula is C23H28BrN3O2. The van der Waals surface area contributed by atoms with Crippen LogP contribution in [0.4, 0.5) is 11.4 Å². The zero-order valence-corrected chi connectivity index (χ0v) is 18.6. The lowest BCUT2D eigenvalue weighted by atomic mass is 10.0. The van der Waals surface area contributed by atoms with Crippen LogP contribution in [-0.2, 0) is 0 Å². The summed E-state index contributed by atoms with van der Waals surface area (Å²) in [4.78, 5) is 27.9. The second-order valence-electron chi connectivity index (χ2n) is 7.50. The Morgan fingerprint density at radius 3 is 2.45 bits per heavy atom. The van der Waals surface area contributed by atoms with Crippen molar-refractivity contribution in [3.8, 4) is 0 Å². The van der Waals surface area contributed by atoms with Crippen molar-refractivity contribution in [3.63, 3.8) is 0 Å². The number of carbonyl (C=O) groups is 2. The summed E-state index contributed by atoms with van der Waals surface area (Å²) >= 11 is 3.42. The Hall–Kier alpha value is -2.34. The molecule has 5 nitrogen and oxygen atoms in total. The molecule has 6 heteroatoms. The van der Waals surface area contributed by atoms with Gasteiger partial charge in [0.25, 0.3) is 11.8 Å². The molecule has 1 fully saturated rings. The van der Waals surface area contributed by atoms with E-state index in [-0.39, 0.29) is 17.9 Å². The minimum absolute atomic E-state index is 0.0928. The van der Waals surface area contributed by atoms with Crippen molar-refractivity contribution in [3.05, 3.63) is 58.1 Å². The van der Waals surface area contributed by atoms with Gasteiger partial charge < -0.3 is 15.5 Å². The second kappa shape index (κ2) is 9.92. The number of hydrogen-bond donors (Lipinski definition) is 2. The number of nitrogens with one attached hydrogen (secondary N) is 2. The van der Waals surface area contributed by atoms with Crippen LogP contribution in [0.3, 0.4) is 0 Å². The number of piperidine rings is 1. The van der Waals surface area contributed by atoms with Crippen LogP contribution < -0.4 is 15.5 Å². The molecule has 154 valence electrons. The molecule has 1 unspecified atom stereocenters. The highest BCUT2D eigenvalue weighted by Gasteiger charge is 2.21. The van der Waals surface area contributed by atoms with Crippen LogP contribution in [0.15, 0.2) is 46.9 Å². The zero-order chi connectivity index (χ0) is 20.8. The maximum atomic E-state index is 13.0. The Bertz CT molecular complexity index is 878. The molecule has 2 aromatic rings. The van der Waals surface area contributed by atoms with Gasteiger partial charge in [-0.15, -0.1) is 0 Å². The molecule has 29 heavy (non-hydrogen) atoms. The van der Waals surface area contributed by atoms with E-state index in [2.05, 4.69) is 31.5 Å². The molecule has 1 heterocycles. The number of nitrogens with zero attached hydrogens (tertiary/aromatic N) is 1. The summed E-state index contributed by atoms with van der Waals surface area (Å²) in [5.74, 6) is -0.312. The highest BCUT2D eigenvalue weighted by atomic mass is 79.9. The van der Waals surface area contributed by atoms with Crippen molar-refractivity contribution in [1.29, 1.82) is 0 Å². The molecule has 1 atom stereocenters. The lowest BCUT2D eigenvalue weighted by Crippen LogP contribution is -2.35. The topological polar surface area (TPSA) is 61.4 Å². The Labute approximate surface area is 181 Å². The molecular weight excluding hydrogens is 430 g/mol. The van der Waals surface area contributed by atoms with Gasteiger partial charge in [-0.2, -0.15) is 0 Å². The average Bonchev–Trinajstić information content (AvgIpc) is 2.74. The van der Waals surface area contributed by atoms with Gasteiger partial charge in [-0.25, -0.2) is 0 Å². The molecule has 0 radical (unpaired) electrons. The predicted octanol–water partition coefficient (Wildman–Crippen LogP) is 5.22. The summed E-state index contributed by atoms with van der Waals surface area (Å²) < 4.78 is 0.733. The second-order valence-corrected chi connectivity index (χ2v) is 8.35. The number of amides is 2. The zero-order valence-electron chi connectivity index (χ0n) is 17.0. The van der Waals surface area contributed by atoms with Crippen LogP contribution in [0.1, 0.15) is 60.2 Å². The van der Waals surface area contributed by atoms with E-state index in [4.69, 9.17) is 0 Å². The fourth-order valence-corrected chi connectivity index (χ4v) is 3.92. The smallest absolute Gasteiger partial charge is 0.256 e. The summed E-state index contributed by atoms with van der Waals surface area (Å²) in [7, 11) is 0. The van der Waals surface area contributed by atoms with Crippen LogP contribution in [0.2, 0.25) is 0 Å². The van der Waals surface area contributed by atoms with Crippen molar-refractivity contribution < 1.29 is 9.59 Å². The van der Waals surface area contributed by atoms with Gasteiger partial charge in [0.05, 0.1) is 11.1 Å². The molecule has 0 aliphatic carbocycles. The molecule has 2 amide bonds. The van der Waals surface area contributed by atoms with Gasteiger partial charge in [0.2, 0.25) is 0 Å². The number of benzene rings is 2. The van der Waals surface area contributed by atoms with E-state index in [9.17, 15) is 9.59 Å². The largest absolute Gasteiger partial charge is 0.371 e. The van der Waals surface area contributed by atoms with E-state index in [1.54, 1.807) is 12.1 Å². The van der Waals surface area contributed by atoms with Crippen LogP contribution in [0, 0.1) is 0 Å². The molecule has 2 N–H and O–H groups in total. The van der Waals surface area contributed by atoms with E-state index in [1.165, 1.54) is 6.42 Å². The number of halogens is 1. The van der Waals surface area contributed by atoms with Crippen molar-refractivity contribution in [2.75, 3.05) is 23.3 Å². The summed E-state index contributed by atoms with van der Waals surface area (Å²) in [6, 6.07) is 13.0. The van der Waals surface area contributed by atoms with E-state index in [0.717, 1.165) is 42.5 Å². The molecule has 2 aromatic carbocycles. The van der Waals surface area contributed by atoms with E-state index >= 15 is 0 Å². The van der Waals surface area contributed by atoms with E-state index in [1.807, 2.05) is 44.2 Å². The Morgan fingerprint density at radius 2 is 1.76 bits per heavy atom. The summed E-state index contributed by atoms with van der Waals surface area (Å²) in [5.41, 5.74) is 2.71. The first kappa shape index (κ1) is 21.4. The van der Waals surface area contributed by atoms with Gasteiger partial charge in [0, 0.05) is 35.0 Å². The highest BCUT2D eigenvalue weighted by Crippen LogP contribution is 2.28. The van der Waals surface area contributed by atoms with Crippen molar-refractivity contribution in [1.82, 2.24) is 5.32 Å². The number of rotatable bonds is 6. The third-order valence-corrected chi connectivity index (χ3v) is 6.00. The standard InChI is InChI=1S/C23H28BrN3O2/c1-3-16(2)25-23(29)19-15-17(11-12-21(19)27-13-7-4-8-14-27)26-22(28)18-9-5-6-10-20(18)24/h5-6,9-12,15-16H,3-4,7-8,13-14H2,1-2H3,(H,25,29)(H,26,28). The summed E-state index contributed by atoms with van der Waals surface area (Å²) in [6.07, 6.45) is 4.36. The molecule has 3 rings (SSSR count). The van der Waals surface area contributed by atoms with Crippen LogP contribution in [0.25, 0.3) is 0 Å². The van der Waals surface area contributed by atoms with Crippen LogP contribution in [0.5, 0.6) is 0 Å². The number of hydrogen-bond acceptors (Lipinski definition) is 3. The lowest BCUT2D eigenvalue weighted by Gasteiger charge is -2.31. The molecule has 1 aliphatic heterocycles.